The first-order valence-corrected chi connectivity index (χ1v) is 4.60. The minimum atomic E-state index is -0.175. The van der Waals surface area contributed by atoms with Crippen LogP contribution in [0.1, 0.15) is 5.56 Å². The predicted molar refractivity (Wildman–Crippen MR) is 57.5 cm³/mol. The summed E-state index contributed by atoms with van der Waals surface area (Å²) in [5.41, 5.74) is 6.83. The zero-order valence-electron chi connectivity index (χ0n) is 7.38. The van der Waals surface area contributed by atoms with Gasteiger partial charge in [-0.1, -0.05) is 23.7 Å². The van der Waals surface area contributed by atoms with Gasteiger partial charge in [-0.2, -0.15) is 0 Å². The van der Waals surface area contributed by atoms with Gasteiger partial charge in [0.1, 0.15) is 0 Å². The van der Waals surface area contributed by atoms with Crippen molar-refractivity contribution < 1.29 is 0 Å². The highest BCUT2D eigenvalue weighted by Crippen LogP contribution is 2.22. The molecule has 0 spiro atoms. The maximum absolute atomic E-state index is 11.2. The number of rotatable bonds is 1. The molecule has 3 nitrogen and oxygen atoms in total. The minimum absolute atomic E-state index is 0.175. The molecule has 2 aromatic rings. The summed E-state index contributed by atoms with van der Waals surface area (Å²) in [6.07, 6.45) is 0. The molecule has 0 radical (unpaired) electrons. The van der Waals surface area contributed by atoms with Crippen molar-refractivity contribution in [2.75, 3.05) is 0 Å². The predicted octanol–water partition coefficient (Wildman–Crippen LogP) is 1.64. The lowest BCUT2D eigenvalue weighted by Crippen LogP contribution is -2.09. The standard InChI is InChI=1S/C10H9ClN2O/c11-8-3-1-2-7-6(5-12)4-9(14)13-10(7)8/h1-4H,5,12H2,(H,13,14). The van der Waals surface area contributed by atoms with Gasteiger partial charge in [0, 0.05) is 18.0 Å². The van der Waals surface area contributed by atoms with E-state index in [1.165, 1.54) is 6.07 Å². The smallest absolute Gasteiger partial charge is 0.248 e. The molecule has 1 aromatic heterocycles. The molecule has 1 aromatic carbocycles. The molecule has 0 bridgehead atoms. The van der Waals surface area contributed by atoms with Gasteiger partial charge in [-0.25, -0.2) is 0 Å². The van der Waals surface area contributed by atoms with Crippen LogP contribution in [0.15, 0.2) is 29.1 Å². The second-order valence-corrected chi connectivity index (χ2v) is 3.43. The summed E-state index contributed by atoms with van der Waals surface area (Å²) in [5.74, 6) is 0. The van der Waals surface area contributed by atoms with E-state index in [2.05, 4.69) is 4.98 Å². The van der Waals surface area contributed by atoms with Crippen LogP contribution in [0, 0.1) is 0 Å². The highest BCUT2D eigenvalue weighted by Gasteiger charge is 2.04. The second kappa shape index (κ2) is 3.44. The molecule has 1 heterocycles. The van der Waals surface area contributed by atoms with Crippen molar-refractivity contribution in [3.8, 4) is 0 Å². The number of H-pyrrole nitrogens is 1. The Morgan fingerprint density at radius 2 is 2.21 bits per heavy atom. The molecule has 0 unspecified atom stereocenters. The van der Waals surface area contributed by atoms with Crippen LogP contribution < -0.4 is 11.3 Å². The summed E-state index contributed by atoms with van der Waals surface area (Å²) in [5, 5.41) is 1.44. The molecule has 0 fully saturated rings. The van der Waals surface area contributed by atoms with Crippen LogP contribution in [0.25, 0.3) is 10.9 Å². The Morgan fingerprint density at radius 3 is 2.93 bits per heavy atom. The van der Waals surface area contributed by atoms with Gasteiger partial charge in [-0.3, -0.25) is 4.79 Å². The molecular weight excluding hydrogens is 200 g/mol. The molecule has 0 atom stereocenters. The van der Waals surface area contributed by atoms with Gasteiger partial charge in [0.05, 0.1) is 10.5 Å². The Kier molecular flexibility index (Phi) is 2.27. The van der Waals surface area contributed by atoms with Gasteiger partial charge in [0.25, 0.3) is 0 Å². The number of hydrogen-bond donors (Lipinski definition) is 2. The van der Waals surface area contributed by atoms with Crippen LogP contribution in [0.5, 0.6) is 0 Å². The van der Waals surface area contributed by atoms with Gasteiger partial charge < -0.3 is 10.7 Å². The lowest BCUT2D eigenvalue weighted by Gasteiger charge is -2.04. The highest BCUT2D eigenvalue weighted by atomic mass is 35.5. The largest absolute Gasteiger partial charge is 0.326 e. The van der Waals surface area contributed by atoms with Crippen LogP contribution in [0.3, 0.4) is 0 Å². The first-order chi connectivity index (χ1) is 6.72. The molecule has 0 saturated heterocycles. The van der Waals surface area contributed by atoms with Crippen LogP contribution in [-0.4, -0.2) is 4.98 Å². The lowest BCUT2D eigenvalue weighted by atomic mass is 10.1. The van der Waals surface area contributed by atoms with Gasteiger partial charge in [-0.05, 0) is 11.6 Å². The van der Waals surface area contributed by atoms with Crippen molar-refractivity contribution in [3.63, 3.8) is 0 Å². The van der Waals surface area contributed by atoms with Gasteiger partial charge in [0.2, 0.25) is 5.56 Å². The fourth-order valence-electron chi connectivity index (χ4n) is 1.48. The van der Waals surface area contributed by atoms with Gasteiger partial charge in [-0.15, -0.1) is 0 Å². The Balaban J connectivity index is 2.94. The summed E-state index contributed by atoms with van der Waals surface area (Å²) in [4.78, 5) is 13.9. The van der Waals surface area contributed by atoms with Crippen LogP contribution in [0.2, 0.25) is 5.02 Å². The van der Waals surface area contributed by atoms with E-state index in [4.69, 9.17) is 17.3 Å². The Labute approximate surface area is 85.5 Å². The monoisotopic (exact) mass is 208 g/mol. The number of nitrogens with two attached hydrogens (primary N) is 1. The third kappa shape index (κ3) is 1.41. The van der Waals surface area contributed by atoms with Crippen molar-refractivity contribution in [3.05, 3.63) is 45.2 Å². The third-order valence-corrected chi connectivity index (χ3v) is 2.45. The van der Waals surface area contributed by atoms with Crippen molar-refractivity contribution in [2.45, 2.75) is 6.54 Å². The second-order valence-electron chi connectivity index (χ2n) is 3.03. The zero-order chi connectivity index (χ0) is 10.1. The van der Waals surface area contributed by atoms with E-state index in [-0.39, 0.29) is 5.56 Å². The van der Waals surface area contributed by atoms with Gasteiger partial charge >= 0.3 is 0 Å². The lowest BCUT2D eigenvalue weighted by molar-refractivity contribution is 1.07. The van der Waals surface area contributed by atoms with E-state index in [0.717, 1.165) is 10.9 Å². The molecule has 0 saturated carbocycles. The molecular formula is C10H9ClN2O. The average Bonchev–Trinajstić information content (AvgIpc) is 2.18. The van der Waals surface area contributed by atoms with E-state index >= 15 is 0 Å². The number of pyridine rings is 1. The van der Waals surface area contributed by atoms with Crippen LogP contribution >= 0.6 is 11.6 Å². The fraction of sp³-hybridized carbons (Fsp3) is 0.100. The van der Waals surface area contributed by atoms with E-state index in [0.29, 0.717) is 17.1 Å². The normalized spacial score (nSPS) is 10.7. The molecule has 0 amide bonds. The topological polar surface area (TPSA) is 58.9 Å². The molecule has 72 valence electrons. The highest BCUT2D eigenvalue weighted by molar-refractivity contribution is 6.35. The van der Waals surface area contributed by atoms with Crippen molar-refractivity contribution in [1.29, 1.82) is 0 Å². The van der Waals surface area contributed by atoms with E-state index < -0.39 is 0 Å². The first kappa shape index (κ1) is 9.24. The van der Waals surface area contributed by atoms with Crippen LogP contribution in [-0.2, 0) is 6.54 Å². The number of fused-ring (bicyclic) bond motifs is 1. The zero-order valence-corrected chi connectivity index (χ0v) is 8.14. The Bertz CT molecular complexity index is 533. The molecule has 3 N–H and O–H groups in total. The molecule has 4 heteroatoms. The Morgan fingerprint density at radius 1 is 1.43 bits per heavy atom. The van der Waals surface area contributed by atoms with E-state index in [9.17, 15) is 4.79 Å². The summed E-state index contributed by atoms with van der Waals surface area (Å²) < 4.78 is 0. The van der Waals surface area contributed by atoms with E-state index in [1.54, 1.807) is 6.07 Å². The molecule has 0 aliphatic heterocycles. The Hall–Kier alpha value is -1.32. The maximum Gasteiger partial charge on any atom is 0.248 e. The summed E-state index contributed by atoms with van der Waals surface area (Å²) in [7, 11) is 0. The quantitative estimate of drug-likeness (QED) is 0.749. The number of benzene rings is 1. The number of aromatic nitrogens is 1. The maximum atomic E-state index is 11.2. The van der Waals surface area contributed by atoms with Crippen molar-refractivity contribution in [1.82, 2.24) is 4.98 Å². The summed E-state index contributed by atoms with van der Waals surface area (Å²) >= 11 is 5.95. The van der Waals surface area contributed by atoms with E-state index in [1.807, 2.05) is 12.1 Å². The van der Waals surface area contributed by atoms with Crippen LogP contribution in [0.4, 0.5) is 0 Å². The molecule has 0 aliphatic rings. The SMILES string of the molecule is NCc1cc(=O)[nH]c2c(Cl)cccc12. The molecule has 0 aliphatic carbocycles. The van der Waals surface area contributed by atoms with Crippen molar-refractivity contribution >= 4 is 22.5 Å². The number of nitrogens with one attached hydrogen (secondary N) is 1. The first-order valence-electron chi connectivity index (χ1n) is 4.23. The molecule has 2 rings (SSSR count). The van der Waals surface area contributed by atoms with Crippen molar-refractivity contribution in [2.24, 2.45) is 5.73 Å². The number of aromatic amines is 1. The molecule has 14 heavy (non-hydrogen) atoms. The van der Waals surface area contributed by atoms with Gasteiger partial charge in [0.15, 0.2) is 0 Å². The average molecular weight is 209 g/mol. The summed E-state index contributed by atoms with van der Waals surface area (Å²) in [6, 6.07) is 6.96. The summed E-state index contributed by atoms with van der Waals surface area (Å²) in [6.45, 7) is 0.334. The number of para-hydroxylation sites is 1. The number of hydrogen-bond acceptors (Lipinski definition) is 2. The third-order valence-electron chi connectivity index (χ3n) is 2.13. The minimum Gasteiger partial charge on any atom is -0.326 e. The number of halogens is 1. The fourth-order valence-corrected chi connectivity index (χ4v) is 1.70.